The van der Waals surface area contributed by atoms with Gasteiger partial charge in [-0.15, -0.1) is 9.24 Å². The second-order valence-corrected chi connectivity index (χ2v) is 26.5. The van der Waals surface area contributed by atoms with Crippen molar-refractivity contribution in [3.8, 4) is 0 Å². The summed E-state index contributed by atoms with van der Waals surface area (Å²) in [5.74, 6) is 5.79. The van der Waals surface area contributed by atoms with Crippen LogP contribution in [0.15, 0.2) is 67.3 Å². The van der Waals surface area contributed by atoms with Crippen LogP contribution in [-0.4, -0.2) is 18.0 Å². The molecular weight excluding hydrogens is 610 g/mol. The zero-order valence-corrected chi connectivity index (χ0v) is 31.5. The summed E-state index contributed by atoms with van der Waals surface area (Å²) >= 11 is 0. The number of aromatic nitrogens is 2. The van der Waals surface area contributed by atoms with Crippen LogP contribution >= 0.6 is 17.2 Å². The third-order valence-corrected chi connectivity index (χ3v) is 20.4. The SMILES string of the molecule is C[Si](C)(C)c1ccc(C(P)(C23CC4CC(CC(C4)C2)C3)C23CC4CC(CC(C4)C2)C3)c(CP(c2cccnc2)c2cccnc2)c1. The van der Waals surface area contributed by atoms with Crippen LogP contribution in [0.3, 0.4) is 0 Å². The summed E-state index contributed by atoms with van der Waals surface area (Å²) in [4.78, 5) is 9.31. The Morgan fingerprint density at radius 1 is 0.696 bits per heavy atom. The van der Waals surface area contributed by atoms with Gasteiger partial charge < -0.3 is 0 Å². The molecule has 0 aliphatic heterocycles. The van der Waals surface area contributed by atoms with Crippen LogP contribution < -0.4 is 15.8 Å². The Labute approximate surface area is 282 Å². The zero-order chi connectivity index (χ0) is 31.3. The lowest BCUT2D eigenvalue weighted by Gasteiger charge is -2.72. The van der Waals surface area contributed by atoms with Gasteiger partial charge in [-0.25, -0.2) is 0 Å². The van der Waals surface area contributed by atoms with E-state index in [1.807, 2.05) is 12.4 Å². The lowest BCUT2D eigenvalue weighted by molar-refractivity contribution is -0.158. The van der Waals surface area contributed by atoms with Crippen molar-refractivity contribution in [1.82, 2.24) is 9.97 Å². The van der Waals surface area contributed by atoms with E-state index in [9.17, 15) is 0 Å². The largest absolute Gasteiger partial charge is 0.264 e. The number of hydrogen-bond acceptors (Lipinski definition) is 2. The Morgan fingerprint density at radius 2 is 1.13 bits per heavy atom. The Morgan fingerprint density at radius 3 is 1.50 bits per heavy atom. The summed E-state index contributed by atoms with van der Waals surface area (Å²) in [5, 5.41) is 4.55. The number of nitrogens with zero attached hydrogens (tertiary/aromatic N) is 2. The van der Waals surface area contributed by atoms with Crippen molar-refractivity contribution in [3.63, 3.8) is 0 Å². The first-order valence-electron chi connectivity index (χ1n) is 18.6. The van der Waals surface area contributed by atoms with E-state index in [1.165, 1.54) is 87.7 Å². The molecule has 0 saturated heterocycles. The smallest absolute Gasteiger partial charge is 0.0776 e. The molecular formula is C41H54N2P2Si. The van der Waals surface area contributed by atoms with E-state index < -0.39 is 16.0 Å². The van der Waals surface area contributed by atoms with Crippen molar-refractivity contribution in [2.45, 2.75) is 108 Å². The van der Waals surface area contributed by atoms with E-state index >= 15 is 0 Å². The average molecular weight is 665 g/mol. The van der Waals surface area contributed by atoms with Crippen LogP contribution in [0.2, 0.25) is 19.6 Å². The highest BCUT2D eigenvalue weighted by molar-refractivity contribution is 7.72. The van der Waals surface area contributed by atoms with Gasteiger partial charge in [0.2, 0.25) is 0 Å². The Hall–Kier alpha value is -1.40. The highest BCUT2D eigenvalue weighted by atomic mass is 31.1. The molecule has 2 heterocycles. The number of hydrogen-bond donors (Lipinski definition) is 0. The van der Waals surface area contributed by atoms with Gasteiger partial charge in [0.1, 0.15) is 0 Å². The van der Waals surface area contributed by atoms with Crippen molar-refractivity contribution in [3.05, 3.63) is 78.4 Å². The van der Waals surface area contributed by atoms with Crippen LogP contribution in [0.25, 0.3) is 0 Å². The van der Waals surface area contributed by atoms with Crippen LogP contribution in [0, 0.1) is 46.3 Å². The molecule has 2 aromatic heterocycles. The van der Waals surface area contributed by atoms with Crippen molar-refractivity contribution in [2.75, 3.05) is 0 Å². The highest BCUT2D eigenvalue weighted by Crippen LogP contribution is 2.78. The first-order valence-corrected chi connectivity index (χ1v) is 24.2. The normalized spacial score (nSPS) is 37.2. The molecule has 11 rings (SSSR count). The standard InChI is InChI=1S/C41H54N2P2Si/c1-46(2,3)37-8-9-38(34(18-37)27-45(35-6-4-10-42-25-35)36-7-5-11-43-26-36)41(44,39-19-28-12-29(20-39)14-30(13-28)21-39)40-22-31-15-32(23-40)17-33(16-31)24-40/h4-11,18,25-26,28-33H,12-17,19-24,27,44H2,1-3H3. The van der Waals surface area contributed by atoms with Crippen LogP contribution in [-0.2, 0) is 11.3 Å². The molecule has 0 N–H and O–H groups in total. The first kappa shape index (κ1) is 30.6. The molecule has 1 unspecified atom stereocenters. The summed E-state index contributed by atoms with van der Waals surface area (Å²) in [5.41, 5.74) is 4.28. The summed E-state index contributed by atoms with van der Waals surface area (Å²) in [7, 11) is 1.74. The van der Waals surface area contributed by atoms with Gasteiger partial charge in [-0.1, -0.05) is 55.2 Å². The number of pyridine rings is 2. The minimum absolute atomic E-state index is 0.157. The van der Waals surface area contributed by atoms with Crippen molar-refractivity contribution in [2.24, 2.45) is 46.3 Å². The molecule has 8 saturated carbocycles. The molecule has 0 spiro atoms. The van der Waals surface area contributed by atoms with E-state index in [-0.39, 0.29) is 5.16 Å². The second kappa shape index (κ2) is 11.1. The summed E-state index contributed by atoms with van der Waals surface area (Å²) in [6, 6.07) is 17.1. The van der Waals surface area contributed by atoms with Gasteiger partial charge in [0, 0.05) is 36.1 Å². The maximum atomic E-state index is 4.65. The van der Waals surface area contributed by atoms with Gasteiger partial charge in [0.05, 0.1) is 8.07 Å². The first-order chi connectivity index (χ1) is 22.1. The molecule has 8 fully saturated rings. The predicted octanol–water partition coefficient (Wildman–Crippen LogP) is 9.16. The van der Waals surface area contributed by atoms with Gasteiger partial charge in [-0.05, 0) is 165 Å². The van der Waals surface area contributed by atoms with Crippen molar-refractivity contribution in [1.29, 1.82) is 0 Å². The minimum atomic E-state index is -1.52. The molecule has 2 nitrogen and oxygen atoms in total. The maximum absolute atomic E-state index is 4.65. The molecule has 242 valence electrons. The Bertz CT molecular complexity index is 1440. The maximum Gasteiger partial charge on any atom is 0.0776 e. The van der Waals surface area contributed by atoms with E-state index in [4.69, 9.17) is 0 Å². The fourth-order valence-corrected chi connectivity index (χ4v) is 17.8. The fraction of sp³-hybridized carbons (Fsp3) is 0.610. The molecule has 5 heteroatoms. The Kier molecular flexibility index (Phi) is 7.36. The third kappa shape index (κ3) is 4.82. The second-order valence-electron chi connectivity index (χ2n) is 18.3. The van der Waals surface area contributed by atoms with Crippen molar-refractivity contribution >= 4 is 41.0 Å². The topological polar surface area (TPSA) is 25.8 Å². The fourth-order valence-electron chi connectivity index (χ4n) is 13.4. The van der Waals surface area contributed by atoms with Crippen molar-refractivity contribution < 1.29 is 0 Å². The molecule has 46 heavy (non-hydrogen) atoms. The van der Waals surface area contributed by atoms with E-state index in [0.29, 0.717) is 10.8 Å². The lowest BCUT2D eigenvalue weighted by atomic mass is 9.37. The molecule has 8 aliphatic carbocycles. The van der Waals surface area contributed by atoms with E-state index in [0.717, 1.165) is 41.7 Å². The molecule has 0 amide bonds. The highest BCUT2D eigenvalue weighted by Gasteiger charge is 2.69. The molecule has 1 aromatic carbocycles. The zero-order valence-electron chi connectivity index (χ0n) is 28.4. The van der Waals surface area contributed by atoms with Gasteiger partial charge in [0.25, 0.3) is 0 Å². The van der Waals surface area contributed by atoms with E-state index in [1.54, 1.807) is 16.3 Å². The molecule has 3 aromatic rings. The predicted molar refractivity (Wildman–Crippen MR) is 200 cm³/mol. The molecule has 8 aliphatic rings. The van der Waals surface area contributed by atoms with E-state index in [2.05, 4.69) is 93.7 Å². The molecule has 0 radical (unpaired) electrons. The summed E-state index contributed by atoms with van der Waals surface area (Å²) in [6.45, 7) is 7.63. The van der Waals surface area contributed by atoms with Crippen LogP contribution in [0.1, 0.15) is 88.2 Å². The average Bonchev–Trinajstić information content (AvgIpc) is 3.02. The third-order valence-electron chi connectivity index (χ3n) is 14.4. The number of rotatable bonds is 8. The van der Waals surface area contributed by atoms with Crippen LogP contribution in [0.5, 0.6) is 0 Å². The summed E-state index contributed by atoms with van der Waals surface area (Å²) < 4.78 is 0. The lowest BCUT2D eigenvalue weighted by Crippen LogP contribution is -2.64. The van der Waals surface area contributed by atoms with Gasteiger partial charge >= 0.3 is 0 Å². The quantitative estimate of drug-likeness (QED) is 0.177. The number of benzene rings is 1. The molecule has 1 atom stereocenters. The van der Waals surface area contributed by atoms with Gasteiger partial charge in [-0.2, -0.15) is 0 Å². The monoisotopic (exact) mass is 664 g/mol. The van der Waals surface area contributed by atoms with Gasteiger partial charge in [-0.3, -0.25) is 9.97 Å². The van der Waals surface area contributed by atoms with Crippen LogP contribution in [0.4, 0.5) is 0 Å². The minimum Gasteiger partial charge on any atom is -0.264 e. The Balaban J connectivity index is 1.26. The van der Waals surface area contributed by atoms with Gasteiger partial charge in [0.15, 0.2) is 0 Å². The molecule has 8 bridgehead atoms. The summed E-state index contributed by atoms with van der Waals surface area (Å²) in [6.07, 6.45) is 27.3.